The maximum absolute atomic E-state index is 11.6. The average Bonchev–Trinajstić information content (AvgIpc) is 2.83. The van der Waals surface area contributed by atoms with Gasteiger partial charge in [-0.2, -0.15) is 0 Å². The lowest BCUT2D eigenvalue weighted by atomic mass is 9.99. The van der Waals surface area contributed by atoms with Crippen LogP contribution in [0.3, 0.4) is 0 Å². The van der Waals surface area contributed by atoms with E-state index in [1.807, 2.05) is 37.3 Å². The number of hydrogen-bond donors (Lipinski definition) is 0. The summed E-state index contributed by atoms with van der Waals surface area (Å²) >= 11 is 0. The van der Waals surface area contributed by atoms with Gasteiger partial charge in [-0.1, -0.05) is 36.4 Å². The molecular formula is C14H14O2. The smallest absolute Gasteiger partial charge is 0.338 e. The fourth-order valence-corrected chi connectivity index (χ4v) is 1.74. The minimum absolute atomic E-state index is 0.254. The lowest BCUT2D eigenvalue weighted by molar-refractivity contribution is 0.0526. The van der Waals surface area contributed by atoms with Crippen molar-refractivity contribution >= 4 is 5.97 Å². The van der Waals surface area contributed by atoms with E-state index in [1.54, 1.807) is 6.07 Å². The molecule has 2 heteroatoms. The van der Waals surface area contributed by atoms with Gasteiger partial charge in [0.25, 0.3) is 0 Å². The summed E-state index contributed by atoms with van der Waals surface area (Å²) in [7, 11) is 0. The van der Waals surface area contributed by atoms with E-state index in [-0.39, 0.29) is 11.9 Å². The molecule has 0 aliphatic heterocycles. The van der Waals surface area contributed by atoms with Gasteiger partial charge in [-0.3, -0.25) is 0 Å². The number of allylic oxidation sites excluding steroid dienone is 4. The Morgan fingerprint density at radius 1 is 1.31 bits per heavy atom. The van der Waals surface area contributed by atoms with Crippen molar-refractivity contribution < 1.29 is 9.53 Å². The largest absolute Gasteiger partial charge is 0.462 e. The summed E-state index contributed by atoms with van der Waals surface area (Å²) in [4.78, 5) is 11.6. The molecule has 0 atom stereocenters. The Morgan fingerprint density at radius 3 is 2.75 bits per heavy atom. The fourth-order valence-electron chi connectivity index (χ4n) is 1.74. The van der Waals surface area contributed by atoms with Crippen molar-refractivity contribution in [1.29, 1.82) is 0 Å². The van der Waals surface area contributed by atoms with Gasteiger partial charge in [-0.15, -0.1) is 0 Å². The Bertz CT molecular complexity index is 432. The summed E-state index contributed by atoms with van der Waals surface area (Å²) in [6.07, 6.45) is 8.23. The normalized spacial score (nSPS) is 14.3. The molecule has 0 heterocycles. The van der Waals surface area contributed by atoms with E-state index in [0.717, 1.165) is 5.56 Å². The van der Waals surface area contributed by atoms with Crippen LogP contribution in [0.15, 0.2) is 48.6 Å². The minimum atomic E-state index is -0.254. The molecule has 1 aromatic carbocycles. The molecule has 16 heavy (non-hydrogen) atoms. The zero-order chi connectivity index (χ0) is 11.4. The van der Waals surface area contributed by atoms with Crippen molar-refractivity contribution in [3.8, 4) is 0 Å². The second-order valence-corrected chi connectivity index (χ2v) is 3.64. The number of carbonyl (C=O) groups excluding carboxylic acids is 1. The Balaban J connectivity index is 2.22. The topological polar surface area (TPSA) is 26.3 Å². The number of esters is 1. The van der Waals surface area contributed by atoms with Gasteiger partial charge in [-0.25, -0.2) is 4.79 Å². The molecule has 2 nitrogen and oxygen atoms in total. The van der Waals surface area contributed by atoms with Crippen molar-refractivity contribution in [2.75, 3.05) is 6.61 Å². The average molecular weight is 214 g/mol. The summed E-state index contributed by atoms with van der Waals surface area (Å²) in [6.45, 7) is 2.22. The standard InChI is InChI=1S/C14H14O2/c1-2-16-14(15)13-9-5-8-12(10-13)11-6-3-4-7-11/h3-11H,2H2,1H3. The summed E-state index contributed by atoms with van der Waals surface area (Å²) in [5.41, 5.74) is 1.74. The predicted octanol–water partition coefficient (Wildman–Crippen LogP) is 3.07. The van der Waals surface area contributed by atoms with Crippen molar-refractivity contribution in [2.24, 2.45) is 0 Å². The Morgan fingerprint density at radius 2 is 2.06 bits per heavy atom. The van der Waals surface area contributed by atoms with Crippen LogP contribution in [-0.4, -0.2) is 12.6 Å². The second-order valence-electron chi connectivity index (χ2n) is 3.64. The summed E-state index contributed by atoms with van der Waals surface area (Å²) < 4.78 is 4.97. The van der Waals surface area contributed by atoms with Crippen molar-refractivity contribution in [2.45, 2.75) is 12.8 Å². The maximum atomic E-state index is 11.6. The first-order valence-corrected chi connectivity index (χ1v) is 5.43. The first kappa shape index (κ1) is 10.7. The highest BCUT2D eigenvalue weighted by Crippen LogP contribution is 2.23. The SMILES string of the molecule is CCOC(=O)c1cccc(C2C=CC=C2)c1. The zero-order valence-electron chi connectivity index (χ0n) is 9.22. The van der Waals surface area contributed by atoms with E-state index in [1.165, 1.54) is 0 Å². The van der Waals surface area contributed by atoms with Gasteiger partial charge in [0.05, 0.1) is 12.2 Å². The van der Waals surface area contributed by atoms with Crippen LogP contribution in [0, 0.1) is 0 Å². The lowest BCUT2D eigenvalue weighted by Crippen LogP contribution is -2.05. The van der Waals surface area contributed by atoms with Crippen LogP contribution in [0.25, 0.3) is 0 Å². The highest BCUT2D eigenvalue weighted by molar-refractivity contribution is 5.89. The van der Waals surface area contributed by atoms with Crippen molar-refractivity contribution in [3.63, 3.8) is 0 Å². The molecule has 0 amide bonds. The number of carbonyl (C=O) groups is 1. The molecule has 0 radical (unpaired) electrons. The minimum Gasteiger partial charge on any atom is -0.462 e. The van der Waals surface area contributed by atoms with Crippen LogP contribution in [0.1, 0.15) is 28.8 Å². The highest BCUT2D eigenvalue weighted by atomic mass is 16.5. The third-order valence-electron chi connectivity index (χ3n) is 2.53. The second kappa shape index (κ2) is 4.79. The Labute approximate surface area is 95.2 Å². The maximum Gasteiger partial charge on any atom is 0.338 e. The Kier molecular flexibility index (Phi) is 3.20. The van der Waals surface area contributed by atoms with E-state index in [0.29, 0.717) is 12.2 Å². The molecule has 82 valence electrons. The van der Waals surface area contributed by atoms with Gasteiger partial charge in [0.1, 0.15) is 0 Å². The van der Waals surface area contributed by atoms with Crippen LogP contribution >= 0.6 is 0 Å². The molecule has 1 aromatic rings. The van der Waals surface area contributed by atoms with Gasteiger partial charge in [0.15, 0.2) is 0 Å². The van der Waals surface area contributed by atoms with Crippen LogP contribution < -0.4 is 0 Å². The molecule has 0 spiro atoms. The van der Waals surface area contributed by atoms with E-state index in [9.17, 15) is 4.79 Å². The third kappa shape index (κ3) is 2.22. The van der Waals surface area contributed by atoms with Crippen molar-refractivity contribution in [3.05, 3.63) is 59.7 Å². The van der Waals surface area contributed by atoms with Gasteiger partial charge in [0.2, 0.25) is 0 Å². The number of rotatable bonds is 3. The van der Waals surface area contributed by atoms with Crippen LogP contribution in [-0.2, 0) is 4.74 Å². The van der Waals surface area contributed by atoms with Crippen LogP contribution in [0.2, 0.25) is 0 Å². The molecule has 1 aliphatic carbocycles. The lowest BCUT2D eigenvalue weighted by Gasteiger charge is -2.08. The van der Waals surface area contributed by atoms with Crippen LogP contribution in [0.4, 0.5) is 0 Å². The predicted molar refractivity (Wildman–Crippen MR) is 63.4 cm³/mol. The quantitative estimate of drug-likeness (QED) is 0.723. The van der Waals surface area contributed by atoms with Gasteiger partial charge < -0.3 is 4.74 Å². The molecule has 2 rings (SSSR count). The number of ether oxygens (including phenoxy) is 1. The molecule has 0 unspecified atom stereocenters. The van der Waals surface area contributed by atoms with E-state index >= 15 is 0 Å². The van der Waals surface area contributed by atoms with Crippen molar-refractivity contribution in [1.82, 2.24) is 0 Å². The van der Waals surface area contributed by atoms with Gasteiger partial charge >= 0.3 is 5.97 Å². The molecule has 0 saturated carbocycles. The molecule has 0 bridgehead atoms. The summed E-state index contributed by atoms with van der Waals surface area (Å²) in [5.74, 6) is 0.0321. The monoisotopic (exact) mass is 214 g/mol. The summed E-state index contributed by atoms with van der Waals surface area (Å²) in [5, 5.41) is 0. The Hall–Kier alpha value is -1.83. The first-order valence-electron chi connectivity index (χ1n) is 5.43. The number of benzene rings is 1. The third-order valence-corrected chi connectivity index (χ3v) is 2.53. The summed E-state index contributed by atoms with van der Waals surface area (Å²) in [6, 6.07) is 7.58. The highest BCUT2D eigenvalue weighted by Gasteiger charge is 2.11. The molecule has 0 fully saturated rings. The zero-order valence-corrected chi connectivity index (χ0v) is 9.22. The molecule has 0 N–H and O–H groups in total. The van der Waals surface area contributed by atoms with E-state index < -0.39 is 0 Å². The molecule has 0 saturated heterocycles. The molecule has 1 aliphatic rings. The first-order chi connectivity index (χ1) is 7.81. The van der Waals surface area contributed by atoms with E-state index in [4.69, 9.17) is 4.74 Å². The van der Waals surface area contributed by atoms with Gasteiger partial charge in [-0.05, 0) is 24.6 Å². The number of hydrogen-bond acceptors (Lipinski definition) is 2. The molecule has 0 aromatic heterocycles. The van der Waals surface area contributed by atoms with E-state index in [2.05, 4.69) is 12.2 Å². The molecular weight excluding hydrogens is 200 g/mol. The van der Waals surface area contributed by atoms with Crippen LogP contribution in [0.5, 0.6) is 0 Å². The van der Waals surface area contributed by atoms with Gasteiger partial charge in [0, 0.05) is 5.92 Å². The fraction of sp³-hybridized carbons (Fsp3) is 0.214.